The number of rotatable bonds is 6. The average Bonchev–Trinajstić information content (AvgIpc) is 3.10. The van der Waals surface area contributed by atoms with Crippen LogP contribution in [0, 0.1) is 0 Å². The monoisotopic (exact) mass is 277 g/mol. The third-order valence-corrected chi connectivity index (χ3v) is 3.08. The fourth-order valence-corrected chi connectivity index (χ4v) is 1.95. The van der Waals surface area contributed by atoms with Crippen molar-refractivity contribution < 1.29 is 4.79 Å². The van der Waals surface area contributed by atoms with Crippen LogP contribution in [-0.4, -0.2) is 30.7 Å². The molecule has 0 aromatic carbocycles. The molecule has 0 fully saturated rings. The molecule has 2 rings (SSSR count). The second-order valence-corrected chi connectivity index (χ2v) is 4.40. The number of nitrogen functional groups attached to an aromatic ring is 1. The van der Waals surface area contributed by atoms with Crippen LogP contribution in [0.25, 0.3) is 0 Å². The number of carbonyl (C=O) groups excluding carboxylic acids is 1. The number of nitrogens with two attached hydrogens (primary N) is 1. The quantitative estimate of drug-likeness (QED) is 0.436. The second kappa shape index (κ2) is 6.29. The van der Waals surface area contributed by atoms with Gasteiger partial charge < -0.3 is 0 Å². The van der Waals surface area contributed by atoms with Crippen molar-refractivity contribution in [2.45, 2.75) is 39.8 Å². The number of amides is 1. The van der Waals surface area contributed by atoms with Gasteiger partial charge in [-0.1, -0.05) is 19.1 Å². The topological polar surface area (TPSA) is 104 Å². The Hall–Kier alpha value is -2.22. The molecule has 8 heteroatoms. The molecule has 1 amide bonds. The summed E-state index contributed by atoms with van der Waals surface area (Å²) >= 11 is 0. The predicted octanol–water partition coefficient (Wildman–Crippen LogP) is -0.0969. The van der Waals surface area contributed by atoms with Crippen LogP contribution in [0.5, 0.6) is 0 Å². The van der Waals surface area contributed by atoms with Crippen molar-refractivity contribution >= 4 is 5.91 Å². The predicted molar refractivity (Wildman–Crippen MR) is 72.7 cm³/mol. The third-order valence-electron chi connectivity index (χ3n) is 3.08. The molecular formula is C12H19N7O. The van der Waals surface area contributed by atoms with Gasteiger partial charge in [-0.3, -0.25) is 14.9 Å². The maximum Gasteiger partial charge on any atom is 0.287 e. The summed E-state index contributed by atoms with van der Waals surface area (Å²) in [5.74, 6) is 4.60. The molecule has 0 saturated carbocycles. The lowest BCUT2D eigenvalue weighted by molar-refractivity contribution is 0.0948. The van der Waals surface area contributed by atoms with Crippen molar-refractivity contribution in [1.29, 1.82) is 0 Å². The van der Waals surface area contributed by atoms with Crippen molar-refractivity contribution in [2.24, 2.45) is 5.84 Å². The summed E-state index contributed by atoms with van der Waals surface area (Å²) in [7, 11) is 0. The normalized spacial score (nSPS) is 10.8. The fraction of sp³-hybridized carbons (Fsp3) is 0.500. The van der Waals surface area contributed by atoms with Crippen molar-refractivity contribution in [1.82, 2.24) is 30.2 Å². The van der Waals surface area contributed by atoms with Crippen LogP contribution in [0.15, 0.2) is 12.3 Å². The van der Waals surface area contributed by atoms with Crippen LogP contribution in [0.4, 0.5) is 0 Å². The van der Waals surface area contributed by atoms with Gasteiger partial charge in [-0.05, 0) is 18.9 Å². The van der Waals surface area contributed by atoms with Gasteiger partial charge in [0.1, 0.15) is 0 Å². The van der Waals surface area contributed by atoms with Gasteiger partial charge in [0.05, 0.1) is 25.0 Å². The minimum Gasteiger partial charge on any atom is -0.289 e. The van der Waals surface area contributed by atoms with Crippen LogP contribution in [-0.2, 0) is 25.9 Å². The number of aryl methyl sites for hydroxylation is 4. The number of hydrazine groups is 1. The smallest absolute Gasteiger partial charge is 0.287 e. The van der Waals surface area contributed by atoms with Crippen molar-refractivity contribution in [3.8, 4) is 0 Å². The molecule has 0 aliphatic carbocycles. The zero-order chi connectivity index (χ0) is 14.5. The summed E-state index contributed by atoms with van der Waals surface area (Å²) in [6, 6.07) is 2.12. The van der Waals surface area contributed by atoms with E-state index in [2.05, 4.69) is 35.3 Å². The summed E-state index contributed by atoms with van der Waals surface area (Å²) in [6.45, 7) is 5.48. The Balaban J connectivity index is 2.03. The molecule has 0 radical (unpaired) electrons. The Morgan fingerprint density at radius 1 is 1.35 bits per heavy atom. The van der Waals surface area contributed by atoms with E-state index in [1.54, 1.807) is 10.9 Å². The molecular weight excluding hydrogens is 258 g/mol. The molecule has 20 heavy (non-hydrogen) atoms. The SMILES string of the molecule is CCc1cc(CC)n(CCn2cc(C(=O)NN)nn2)n1. The highest BCUT2D eigenvalue weighted by molar-refractivity contribution is 5.91. The van der Waals surface area contributed by atoms with E-state index < -0.39 is 5.91 Å². The van der Waals surface area contributed by atoms with E-state index in [9.17, 15) is 4.79 Å². The summed E-state index contributed by atoms with van der Waals surface area (Å²) in [4.78, 5) is 11.3. The first-order valence-corrected chi connectivity index (χ1v) is 6.64. The Kier molecular flexibility index (Phi) is 4.46. The lowest BCUT2D eigenvalue weighted by Crippen LogP contribution is -2.30. The van der Waals surface area contributed by atoms with Crippen molar-refractivity contribution in [3.05, 3.63) is 29.3 Å². The van der Waals surface area contributed by atoms with E-state index in [1.165, 1.54) is 5.69 Å². The molecule has 8 nitrogen and oxygen atoms in total. The number of aromatic nitrogens is 5. The number of nitrogens with one attached hydrogen (secondary N) is 1. The van der Waals surface area contributed by atoms with Gasteiger partial charge >= 0.3 is 0 Å². The Bertz CT molecular complexity index is 586. The molecule has 2 aromatic heterocycles. The molecule has 0 bridgehead atoms. The standard InChI is InChI=1S/C12H19N7O/c1-3-9-7-10(4-2)19(16-9)6-5-18-8-11(15-17-18)12(20)14-13/h7-8H,3-6,13H2,1-2H3,(H,14,20). The first-order valence-electron chi connectivity index (χ1n) is 6.64. The minimum atomic E-state index is -0.446. The van der Waals surface area contributed by atoms with E-state index in [0.29, 0.717) is 13.1 Å². The number of hydrogen-bond acceptors (Lipinski definition) is 5. The molecule has 0 atom stereocenters. The van der Waals surface area contributed by atoms with Gasteiger partial charge in [-0.15, -0.1) is 5.10 Å². The lowest BCUT2D eigenvalue weighted by Gasteiger charge is -2.05. The van der Waals surface area contributed by atoms with Gasteiger partial charge in [0.25, 0.3) is 5.91 Å². The van der Waals surface area contributed by atoms with Gasteiger partial charge in [-0.25, -0.2) is 10.5 Å². The van der Waals surface area contributed by atoms with Crippen molar-refractivity contribution in [2.75, 3.05) is 0 Å². The molecule has 0 aliphatic heterocycles. The highest BCUT2D eigenvalue weighted by atomic mass is 16.2. The van der Waals surface area contributed by atoms with E-state index in [0.717, 1.165) is 18.5 Å². The largest absolute Gasteiger partial charge is 0.289 e. The highest BCUT2D eigenvalue weighted by Gasteiger charge is 2.10. The summed E-state index contributed by atoms with van der Waals surface area (Å²) in [5, 5.41) is 12.2. The zero-order valence-electron chi connectivity index (χ0n) is 11.7. The highest BCUT2D eigenvalue weighted by Crippen LogP contribution is 2.06. The van der Waals surface area contributed by atoms with Crippen LogP contribution in [0.3, 0.4) is 0 Å². The number of nitrogens with zero attached hydrogens (tertiary/aromatic N) is 5. The van der Waals surface area contributed by atoms with Crippen LogP contribution < -0.4 is 11.3 Å². The van der Waals surface area contributed by atoms with E-state index >= 15 is 0 Å². The molecule has 0 unspecified atom stereocenters. The van der Waals surface area contributed by atoms with Gasteiger partial charge in [0.15, 0.2) is 5.69 Å². The lowest BCUT2D eigenvalue weighted by atomic mass is 10.3. The zero-order valence-corrected chi connectivity index (χ0v) is 11.7. The number of hydrogen-bond donors (Lipinski definition) is 2. The van der Waals surface area contributed by atoms with Gasteiger partial charge in [-0.2, -0.15) is 5.10 Å². The maximum atomic E-state index is 11.3. The first kappa shape index (κ1) is 14.2. The molecule has 2 heterocycles. The molecule has 0 aliphatic rings. The van der Waals surface area contributed by atoms with E-state index in [1.807, 2.05) is 10.1 Å². The number of carbonyl (C=O) groups is 1. The molecule has 108 valence electrons. The maximum absolute atomic E-state index is 11.3. The minimum absolute atomic E-state index is 0.206. The summed E-state index contributed by atoms with van der Waals surface area (Å²) in [5.41, 5.74) is 4.51. The Morgan fingerprint density at radius 2 is 2.15 bits per heavy atom. The molecule has 0 saturated heterocycles. The molecule has 3 N–H and O–H groups in total. The van der Waals surface area contributed by atoms with E-state index in [4.69, 9.17) is 5.84 Å². The van der Waals surface area contributed by atoms with Crippen LogP contribution >= 0.6 is 0 Å². The summed E-state index contributed by atoms with van der Waals surface area (Å²) < 4.78 is 3.58. The second-order valence-electron chi connectivity index (χ2n) is 4.40. The Labute approximate surface area is 116 Å². The molecule has 0 spiro atoms. The van der Waals surface area contributed by atoms with Gasteiger partial charge in [0, 0.05) is 5.69 Å². The fourth-order valence-electron chi connectivity index (χ4n) is 1.95. The van der Waals surface area contributed by atoms with Crippen molar-refractivity contribution in [3.63, 3.8) is 0 Å². The summed E-state index contributed by atoms with van der Waals surface area (Å²) in [6.07, 6.45) is 3.42. The van der Waals surface area contributed by atoms with Gasteiger partial charge in [0.2, 0.25) is 0 Å². The Morgan fingerprint density at radius 3 is 2.80 bits per heavy atom. The van der Waals surface area contributed by atoms with E-state index in [-0.39, 0.29) is 5.69 Å². The average molecular weight is 277 g/mol. The van der Waals surface area contributed by atoms with Crippen LogP contribution in [0.1, 0.15) is 35.7 Å². The molecule has 2 aromatic rings. The third kappa shape index (κ3) is 3.02. The van der Waals surface area contributed by atoms with Crippen LogP contribution in [0.2, 0.25) is 0 Å². The first-order chi connectivity index (χ1) is 9.67.